The summed E-state index contributed by atoms with van der Waals surface area (Å²) in [4.78, 5) is 0. The van der Waals surface area contributed by atoms with Gasteiger partial charge in [0, 0.05) is 17.3 Å². The molecule has 0 amide bonds. The van der Waals surface area contributed by atoms with Crippen LogP contribution in [0.15, 0.2) is 16.8 Å². The van der Waals surface area contributed by atoms with Gasteiger partial charge in [-0.15, -0.1) is 10.2 Å². The first-order valence-electron chi connectivity index (χ1n) is 4.72. The summed E-state index contributed by atoms with van der Waals surface area (Å²) in [6.07, 6.45) is 1.87. The van der Waals surface area contributed by atoms with Crippen molar-refractivity contribution in [3.63, 3.8) is 0 Å². The van der Waals surface area contributed by atoms with E-state index in [4.69, 9.17) is 17.3 Å². The average Bonchev–Trinajstić information content (AvgIpc) is 2.61. The van der Waals surface area contributed by atoms with E-state index in [0.29, 0.717) is 12.6 Å². The first-order valence-corrected chi connectivity index (χ1v) is 6.14. The first kappa shape index (κ1) is 12.5. The van der Waals surface area contributed by atoms with Crippen LogP contribution in [0.5, 0.6) is 0 Å². The molecule has 0 radical (unpaired) electrons. The van der Waals surface area contributed by atoms with E-state index in [1.165, 1.54) is 5.54 Å². The number of nitrogens with zero attached hydrogens (tertiary/aromatic N) is 3. The van der Waals surface area contributed by atoms with Crippen molar-refractivity contribution >= 4 is 23.4 Å². The molecule has 0 aromatic carbocycles. The second-order valence-corrected chi connectivity index (χ2v) is 4.48. The highest BCUT2D eigenvalue weighted by atomic mass is 35.5. The molecule has 15 heavy (non-hydrogen) atoms. The molecule has 0 atom stereocenters. The van der Waals surface area contributed by atoms with Gasteiger partial charge in [-0.3, -0.25) is 0 Å². The first-order chi connectivity index (χ1) is 7.20. The van der Waals surface area contributed by atoms with Crippen molar-refractivity contribution in [2.45, 2.75) is 31.6 Å². The Morgan fingerprint density at radius 1 is 1.53 bits per heavy atom. The summed E-state index contributed by atoms with van der Waals surface area (Å²) >= 11 is 7.04. The second kappa shape index (κ2) is 6.15. The molecule has 1 heterocycles. The molecule has 0 aliphatic carbocycles. The van der Waals surface area contributed by atoms with Gasteiger partial charge in [-0.2, -0.15) is 0 Å². The van der Waals surface area contributed by atoms with Crippen LogP contribution in [0.4, 0.5) is 0 Å². The van der Waals surface area contributed by atoms with Crippen LogP contribution in [0.1, 0.15) is 25.7 Å². The minimum absolute atomic E-state index is 0.320. The van der Waals surface area contributed by atoms with E-state index in [0.717, 1.165) is 16.7 Å². The van der Waals surface area contributed by atoms with E-state index >= 15 is 0 Å². The van der Waals surface area contributed by atoms with Gasteiger partial charge in [0.1, 0.15) is 5.82 Å². The third-order valence-electron chi connectivity index (χ3n) is 1.83. The van der Waals surface area contributed by atoms with Crippen molar-refractivity contribution < 1.29 is 0 Å². The lowest BCUT2D eigenvalue weighted by molar-refractivity contribution is 0.526. The molecule has 0 fully saturated rings. The summed E-state index contributed by atoms with van der Waals surface area (Å²) in [7, 11) is 0. The molecule has 1 rings (SSSR count). The van der Waals surface area contributed by atoms with E-state index in [9.17, 15) is 0 Å². The fraction of sp³-hybridized carbons (Fsp3) is 0.556. The third kappa shape index (κ3) is 3.22. The maximum Gasteiger partial charge on any atom is 0.191 e. The topological polar surface area (TPSA) is 56.7 Å². The lowest BCUT2D eigenvalue weighted by atomic mass is 10.4. The van der Waals surface area contributed by atoms with E-state index < -0.39 is 0 Å². The van der Waals surface area contributed by atoms with E-state index in [1.54, 1.807) is 11.8 Å². The lowest BCUT2D eigenvalue weighted by Crippen LogP contribution is -2.11. The van der Waals surface area contributed by atoms with E-state index in [-0.39, 0.29) is 0 Å². The van der Waals surface area contributed by atoms with Crippen LogP contribution in [-0.4, -0.2) is 20.5 Å². The molecular weight excluding hydrogens is 232 g/mol. The smallest absolute Gasteiger partial charge is 0.191 e. The molecule has 1 aromatic heterocycles. The number of nitrogens with two attached hydrogens (primary N) is 1. The molecule has 1 aromatic rings. The fourth-order valence-corrected chi connectivity index (χ4v) is 2.31. The summed E-state index contributed by atoms with van der Waals surface area (Å²) in [5.41, 5.74) is 7.10. The van der Waals surface area contributed by atoms with Crippen LogP contribution in [0.25, 0.3) is 0 Å². The minimum atomic E-state index is 0.320. The van der Waals surface area contributed by atoms with Crippen molar-refractivity contribution in [1.82, 2.24) is 14.8 Å². The summed E-state index contributed by atoms with van der Waals surface area (Å²) in [5, 5.41) is 9.03. The summed E-state index contributed by atoms with van der Waals surface area (Å²) < 4.78 is 2.05. The summed E-state index contributed by atoms with van der Waals surface area (Å²) in [6.45, 7) is 4.59. The number of rotatable bonds is 5. The zero-order chi connectivity index (χ0) is 11.3. The molecule has 84 valence electrons. The number of hydrogen-bond acceptors (Lipinski definition) is 4. The summed E-state index contributed by atoms with van der Waals surface area (Å²) in [6, 6.07) is 0.320. The van der Waals surface area contributed by atoms with Crippen LogP contribution in [0.3, 0.4) is 0 Å². The van der Waals surface area contributed by atoms with Gasteiger partial charge in [0.2, 0.25) is 0 Å². The SMILES string of the molecule is CC(C)n1c(CN)nnc1SCC=CCl. The summed E-state index contributed by atoms with van der Waals surface area (Å²) in [5.74, 6) is 1.61. The van der Waals surface area contributed by atoms with Crippen LogP contribution in [0.2, 0.25) is 0 Å². The molecule has 0 saturated carbocycles. The quantitative estimate of drug-likeness (QED) is 0.809. The highest BCUT2D eigenvalue weighted by molar-refractivity contribution is 7.99. The molecule has 4 nitrogen and oxygen atoms in total. The predicted molar refractivity (Wildman–Crippen MR) is 64.0 cm³/mol. The Kier molecular flexibility index (Phi) is 5.14. The molecule has 0 bridgehead atoms. The second-order valence-electron chi connectivity index (χ2n) is 3.24. The fourth-order valence-electron chi connectivity index (χ4n) is 1.22. The van der Waals surface area contributed by atoms with Crippen molar-refractivity contribution in [3.05, 3.63) is 17.4 Å². The van der Waals surface area contributed by atoms with E-state index in [1.807, 2.05) is 10.6 Å². The molecule has 0 unspecified atom stereocenters. The largest absolute Gasteiger partial charge is 0.324 e. The average molecular weight is 247 g/mol. The molecule has 2 N–H and O–H groups in total. The molecule has 0 spiro atoms. The molecule has 6 heteroatoms. The monoisotopic (exact) mass is 246 g/mol. The van der Waals surface area contributed by atoms with Gasteiger partial charge < -0.3 is 10.3 Å². The predicted octanol–water partition coefficient (Wildman–Crippen LogP) is 2.16. The Hall–Kier alpha value is -0.520. The Labute approximate surface area is 98.9 Å². The highest BCUT2D eigenvalue weighted by Crippen LogP contribution is 2.21. The van der Waals surface area contributed by atoms with Gasteiger partial charge in [-0.1, -0.05) is 29.4 Å². The third-order valence-corrected chi connectivity index (χ3v) is 2.91. The molecule has 0 saturated heterocycles. The van der Waals surface area contributed by atoms with Gasteiger partial charge in [0.05, 0.1) is 6.54 Å². The number of halogens is 1. The van der Waals surface area contributed by atoms with Crippen LogP contribution < -0.4 is 5.73 Å². The molecule has 0 aliphatic rings. The van der Waals surface area contributed by atoms with Crippen LogP contribution >= 0.6 is 23.4 Å². The van der Waals surface area contributed by atoms with E-state index in [2.05, 4.69) is 24.0 Å². The number of thioether (sulfide) groups is 1. The number of aromatic nitrogens is 3. The lowest BCUT2D eigenvalue weighted by Gasteiger charge is -2.11. The maximum atomic E-state index is 5.59. The van der Waals surface area contributed by atoms with Gasteiger partial charge in [-0.25, -0.2) is 0 Å². The van der Waals surface area contributed by atoms with Gasteiger partial charge in [-0.05, 0) is 13.8 Å². The standard InChI is InChI=1S/C9H15ClN4S/c1-7(2)14-8(6-11)12-13-9(14)15-5-3-4-10/h3-4,7H,5-6,11H2,1-2H3. The van der Waals surface area contributed by atoms with Crippen molar-refractivity contribution in [2.75, 3.05) is 5.75 Å². The normalized spacial score (nSPS) is 11.8. The maximum absolute atomic E-state index is 5.59. The highest BCUT2D eigenvalue weighted by Gasteiger charge is 2.12. The van der Waals surface area contributed by atoms with Gasteiger partial charge in [0.25, 0.3) is 0 Å². The Bertz CT molecular complexity index is 335. The molecular formula is C9H15ClN4S. The van der Waals surface area contributed by atoms with Crippen molar-refractivity contribution in [3.8, 4) is 0 Å². The Morgan fingerprint density at radius 2 is 2.27 bits per heavy atom. The minimum Gasteiger partial charge on any atom is -0.324 e. The van der Waals surface area contributed by atoms with Crippen LogP contribution in [-0.2, 0) is 6.54 Å². The van der Waals surface area contributed by atoms with Gasteiger partial charge >= 0.3 is 0 Å². The Balaban J connectivity index is 2.82. The van der Waals surface area contributed by atoms with Crippen molar-refractivity contribution in [2.24, 2.45) is 5.73 Å². The number of hydrogen-bond donors (Lipinski definition) is 1. The zero-order valence-corrected chi connectivity index (χ0v) is 10.4. The Morgan fingerprint density at radius 3 is 2.80 bits per heavy atom. The van der Waals surface area contributed by atoms with Crippen molar-refractivity contribution in [1.29, 1.82) is 0 Å². The molecule has 0 aliphatic heterocycles. The zero-order valence-electron chi connectivity index (χ0n) is 8.85. The van der Waals surface area contributed by atoms with Gasteiger partial charge in [0.15, 0.2) is 5.16 Å². The van der Waals surface area contributed by atoms with Crippen LogP contribution in [0, 0.1) is 0 Å².